The molecule has 1 aliphatic heterocycles. The molecule has 1 aliphatic rings. The third-order valence-corrected chi connectivity index (χ3v) is 2.20. The Bertz CT molecular complexity index is 410. The lowest BCUT2D eigenvalue weighted by molar-refractivity contribution is -0.0794. The van der Waals surface area contributed by atoms with Gasteiger partial charge in [0.1, 0.15) is 17.7 Å². The van der Waals surface area contributed by atoms with E-state index in [1.54, 1.807) is 0 Å². The quantitative estimate of drug-likeness (QED) is 0.781. The van der Waals surface area contributed by atoms with Gasteiger partial charge in [0, 0.05) is 6.07 Å². The third kappa shape index (κ3) is 2.59. The molecule has 4 nitrogen and oxygen atoms in total. The maximum absolute atomic E-state index is 13.0. The number of halogens is 1. The van der Waals surface area contributed by atoms with E-state index in [1.165, 1.54) is 18.2 Å². The van der Waals surface area contributed by atoms with Gasteiger partial charge in [-0.3, -0.25) is 0 Å². The van der Waals surface area contributed by atoms with Crippen molar-refractivity contribution in [1.29, 1.82) is 0 Å². The number of rotatable bonds is 3. The van der Waals surface area contributed by atoms with Crippen LogP contribution in [0.15, 0.2) is 18.2 Å². The van der Waals surface area contributed by atoms with Crippen LogP contribution >= 0.6 is 12.2 Å². The van der Waals surface area contributed by atoms with E-state index in [1.807, 2.05) is 0 Å². The third-order valence-electron chi connectivity index (χ3n) is 2.10. The minimum atomic E-state index is -0.379. The van der Waals surface area contributed by atoms with E-state index in [4.69, 9.17) is 27.4 Å². The standard InChI is InChI=1S/C10H11FN2O2S/c11-6-1-2-9(15-7-4-14-5-7)8(3-6)13-10(12)16/h1-3,7H,4-5H2,(H3,12,13,16). The number of hydrogen-bond donors (Lipinski definition) is 2. The predicted octanol–water partition coefficient (Wildman–Crippen LogP) is 1.26. The van der Waals surface area contributed by atoms with Crippen LogP contribution in [0, 0.1) is 5.82 Å². The van der Waals surface area contributed by atoms with Gasteiger partial charge < -0.3 is 20.5 Å². The van der Waals surface area contributed by atoms with E-state index >= 15 is 0 Å². The van der Waals surface area contributed by atoms with Gasteiger partial charge in [0.2, 0.25) is 0 Å². The predicted molar refractivity (Wildman–Crippen MR) is 62.0 cm³/mol. The van der Waals surface area contributed by atoms with Crippen LogP contribution in [0.1, 0.15) is 0 Å². The number of hydrogen-bond acceptors (Lipinski definition) is 3. The second-order valence-corrected chi connectivity index (χ2v) is 3.85. The zero-order valence-electron chi connectivity index (χ0n) is 8.40. The molecule has 1 aromatic carbocycles. The molecule has 1 aromatic rings. The summed E-state index contributed by atoms with van der Waals surface area (Å²) < 4.78 is 23.6. The Kier molecular flexibility index (Phi) is 3.21. The summed E-state index contributed by atoms with van der Waals surface area (Å²) >= 11 is 4.70. The van der Waals surface area contributed by atoms with Crippen molar-refractivity contribution in [2.45, 2.75) is 6.10 Å². The van der Waals surface area contributed by atoms with Crippen molar-refractivity contribution >= 4 is 23.0 Å². The van der Waals surface area contributed by atoms with Crippen molar-refractivity contribution in [2.75, 3.05) is 18.5 Å². The highest BCUT2D eigenvalue weighted by Gasteiger charge is 2.21. The second-order valence-electron chi connectivity index (χ2n) is 3.41. The van der Waals surface area contributed by atoms with E-state index in [0.717, 1.165) is 0 Å². The van der Waals surface area contributed by atoms with Crippen LogP contribution in [0.5, 0.6) is 5.75 Å². The van der Waals surface area contributed by atoms with E-state index in [2.05, 4.69) is 5.32 Å². The zero-order chi connectivity index (χ0) is 11.5. The van der Waals surface area contributed by atoms with Crippen LogP contribution in [0.4, 0.5) is 10.1 Å². The highest BCUT2D eigenvalue weighted by Crippen LogP contribution is 2.27. The Hall–Kier alpha value is -1.40. The average molecular weight is 242 g/mol. The van der Waals surface area contributed by atoms with E-state index in [0.29, 0.717) is 24.7 Å². The first-order valence-corrected chi connectivity index (χ1v) is 5.16. The lowest BCUT2D eigenvalue weighted by Gasteiger charge is -2.27. The number of thiocarbonyl (C=S) groups is 1. The summed E-state index contributed by atoms with van der Waals surface area (Å²) in [5.74, 6) is 0.137. The topological polar surface area (TPSA) is 56.5 Å². The molecule has 1 saturated heterocycles. The number of nitrogens with one attached hydrogen (secondary N) is 1. The van der Waals surface area contributed by atoms with Crippen molar-refractivity contribution in [2.24, 2.45) is 5.73 Å². The smallest absolute Gasteiger partial charge is 0.168 e. The molecule has 0 radical (unpaired) electrons. The van der Waals surface area contributed by atoms with Crippen molar-refractivity contribution < 1.29 is 13.9 Å². The second kappa shape index (κ2) is 4.63. The molecule has 16 heavy (non-hydrogen) atoms. The van der Waals surface area contributed by atoms with Gasteiger partial charge in [-0.05, 0) is 24.4 Å². The molecule has 86 valence electrons. The van der Waals surface area contributed by atoms with E-state index in [9.17, 15) is 4.39 Å². The molecule has 0 unspecified atom stereocenters. The van der Waals surface area contributed by atoms with Crippen LogP contribution < -0.4 is 15.8 Å². The van der Waals surface area contributed by atoms with Crippen LogP contribution in [-0.4, -0.2) is 24.4 Å². The van der Waals surface area contributed by atoms with Gasteiger partial charge in [-0.15, -0.1) is 0 Å². The first-order valence-electron chi connectivity index (χ1n) is 4.75. The van der Waals surface area contributed by atoms with Crippen molar-refractivity contribution in [1.82, 2.24) is 0 Å². The van der Waals surface area contributed by atoms with Crippen LogP contribution in [0.2, 0.25) is 0 Å². The maximum atomic E-state index is 13.0. The monoisotopic (exact) mass is 242 g/mol. The Labute approximate surface area is 97.5 Å². The van der Waals surface area contributed by atoms with Crippen LogP contribution in [0.3, 0.4) is 0 Å². The first kappa shape index (κ1) is 11.1. The molecule has 2 rings (SSSR count). The maximum Gasteiger partial charge on any atom is 0.168 e. The largest absolute Gasteiger partial charge is 0.483 e. The Morgan fingerprint density at radius 2 is 2.31 bits per heavy atom. The molecule has 3 N–H and O–H groups in total. The van der Waals surface area contributed by atoms with Gasteiger partial charge in [0.25, 0.3) is 0 Å². The van der Waals surface area contributed by atoms with E-state index in [-0.39, 0.29) is 17.0 Å². The lowest BCUT2D eigenvalue weighted by Crippen LogP contribution is -2.38. The molecule has 6 heteroatoms. The first-order chi connectivity index (χ1) is 7.65. The van der Waals surface area contributed by atoms with E-state index < -0.39 is 0 Å². The van der Waals surface area contributed by atoms with Crippen molar-refractivity contribution in [3.8, 4) is 5.75 Å². The number of nitrogens with two attached hydrogens (primary N) is 1. The Morgan fingerprint density at radius 3 is 2.88 bits per heavy atom. The summed E-state index contributed by atoms with van der Waals surface area (Å²) in [4.78, 5) is 0. The molecular formula is C10H11FN2O2S. The van der Waals surface area contributed by atoms with Crippen LogP contribution in [-0.2, 0) is 4.74 Å². The Balaban J connectivity index is 2.16. The highest BCUT2D eigenvalue weighted by molar-refractivity contribution is 7.80. The molecule has 0 saturated carbocycles. The van der Waals surface area contributed by atoms with Gasteiger partial charge in [0.15, 0.2) is 5.11 Å². The summed E-state index contributed by atoms with van der Waals surface area (Å²) in [6.07, 6.45) is 0.0114. The van der Waals surface area contributed by atoms with Gasteiger partial charge in [-0.2, -0.15) is 0 Å². The summed E-state index contributed by atoms with van der Waals surface area (Å²) in [5, 5.41) is 2.74. The summed E-state index contributed by atoms with van der Waals surface area (Å²) in [5.41, 5.74) is 5.77. The fourth-order valence-electron chi connectivity index (χ4n) is 1.30. The Morgan fingerprint density at radius 1 is 1.56 bits per heavy atom. The minimum Gasteiger partial charge on any atom is -0.483 e. The number of anilines is 1. The SMILES string of the molecule is NC(=S)Nc1cc(F)ccc1OC1COC1. The van der Waals surface area contributed by atoms with Gasteiger partial charge in [-0.1, -0.05) is 0 Å². The molecule has 0 bridgehead atoms. The zero-order valence-corrected chi connectivity index (χ0v) is 9.22. The molecule has 0 aliphatic carbocycles. The molecule has 1 fully saturated rings. The minimum absolute atomic E-state index is 0.0114. The van der Waals surface area contributed by atoms with Crippen LogP contribution in [0.25, 0.3) is 0 Å². The van der Waals surface area contributed by atoms with Gasteiger partial charge in [0.05, 0.1) is 18.9 Å². The fourth-order valence-corrected chi connectivity index (χ4v) is 1.41. The van der Waals surface area contributed by atoms with Crippen molar-refractivity contribution in [3.05, 3.63) is 24.0 Å². The molecule has 1 heterocycles. The molecule has 0 spiro atoms. The van der Waals surface area contributed by atoms with Crippen molar-refractivity contribution in [3.63, 3.8) is 0 Å². The average Bonchev–Trinajstić information content (AvgIpc) is 2.12. The molecule has 0 atom stereocenters. The summed E-state index contributed by atoms with van der Waals surface area (Å²) in [6, 6.07) is 4.14. The summed E-state index contributed by atoms with van der Waals surface area (Å²) in [7, 11) is 0. The normalized spacial score (nSPS) is 15.3. The molecular weight excluding hydrogens is 231 g/mol. The number of benzene rings is 1. The van der Waals surface area contributed by atoms with Gasteiger partial charge >= 0.3 is 0 Å². The fraction of sp³-hybridized carbons (Fsp3) is 0.300. The number of ether oxygens (including phenoxy) is 2. The molecule has 0 amide bonds. The summed E-state index contributed by atoms with van der Waals surface area (Å²) in [6.45, 7) is 1.09. The lowest BCUT2D eigenvalue weighted by atomic mass is 10.2. The van der Waals surface area contributed by atoms with Gasteiger partial charge in [-0.25, -0.2) is 4.39 Å². The molecule has 0 aromatic heterocycles. The highest BCUT2D eigenvalue weighted by atomic mass is 32.1.